The summed E-state index contributed by atoms with van der Waals surface area (Å²) in [6, 6.07) is 6.29. The third-order valence-electron chi connectivity index (χ3n) is 5.68. The average Bonchev–Trinajstić information content (AvgIpc) is 3.08. The molecular weight excluding hydrogens is 443 g/mol. The Balaban J connectivity index is 1.81. The number of nitrogens with two attached hydrogens (primary N) is 2. The Hall–Kier alpha value is -3.43. The molecule has 0 bridgehead atoms. The largest absolute Gasteiger partial charge is 0.485 e. The number of hydrogen-bond acceptors (Lipinski definition) is 5. The lowest BCUT2D eigenvalue weighted by Crippen LogP contribution is -2.44. The van der Waals surface area contributed by atoms with Crippen LogP contribution in [0.1, 0.15) is 42.4 Å². The van der Waals surface area contributed by atoms with E-state index in [0.717, 1.165) is 11.8 Å². The van der Waals surface area contributed by atoms with E-state index in [2.05, 4.69) is 9.97 Å². The molecule has 4 rings (SSSR count). The van der Waals surface area contributed by atoms with Crippen LogP contribution in [0.3, 0.4) is 0 Å². The molecule has 6 nitrogen and oxygen atoms in total. The highest BCUT2D eigenvalue weighted by atomic mass is 19.1. The molecular formula is C25H26F3N5O. The Kier molecular flexibility index (Phi) is 6.09. The third-order valence-corrected chi connectivity index (χ3v) is 5.68. The van der Waals surface area contributed by atoms with Gasteiger partial charge in [0.05, 0.1) is 34.9 Å². The van der Waals surface area contributed by atoms with Crippen molar-refractivity contribution in [3.8, 4) is 17.0 Å². The number of benzene rings is 1. The van der Waals surface area contributed by atoms with E-state index in [1.54, 1.807) is 43.5 Å². The lowest BCUT2D eigenvalue weighted by Gasteiger charge is -2.26. The van der Waals surface area contributed by atoms with Gasteiger partial charge in [-0.2, -0.15) is 0 Å². The van der Waals surface area contributed by atoms with Crippen LogP contribution in [-0.4, -0.2) is 19.9 Å². The van der Waals surface area contributed by atoms with Crippen molar-refractivity contribution >= 4 is 5.65 Å². The fraction of sp³-hybridized carbons (Fsp3) is 0.280. The summed E-state index contributed by atoms with van der Waals surface area (Å²) in [4.78, 5) is 8.69. The summed E-state index contributed by atoms with van der Waals surface area (Å²) in [7, 11) is 0. The maximum absolute atomic E-state index is 15.0. The summed E-state index contributed by atoms with van der Waals surface area (Å²) in [6.07, 6.45) is 2.90. The van der Waals surface area contributed by atoms with Crippen molar-refractivity contribution in [1.29, 1.82) is 0 Å². The smallest absolute Gasteiger partial charge is 0.180 e. The second kappa shape index (κ2) is 8.73. The first-order chi connectivity index (χ1) is 16.0. The Morgan fingerprint density at radius 3 is 2.41 bits per heavy atom. The predicted octanol–water partition coefficient (Wildman–Crippen LogP) is 4.75. The number of hydrogen-bond donors (Lipinski definition) is 2. The first kappa shape index (κ1) is 23.7. The molecule has 0 saturated carbocycles. The normalized spacial score (nSPS) is 12.9. The number of rotatable bonds is 6. The van der Waals surface area contributed by atoms with Gasteiger partial charge < -0.3 is 16.2 Å². The molecule has 3 aromatic heterocycles. The van der Waals surface area contributed by atoms with Gasteiger partial charge in [-0.3, -0.25) is 9.38 Å². The van der Waals surface area contributed by atoms with Crippen molar-refractivity contribution in [2.45, 2.75) is 45.9 Å². The quantitative estimate of drug-likeness (QED) is 0.425. The van der Waals surface area contributed by atoms with Crippen molar-refractivity contribution in [1.82, 2.24) is 14.4 Å². The molecule has 4 N–H and O–H groups in total. The van der Waals surface area contributed by atoms with E-state index in [1.165, 1.54) is 18.2 Å². The number of nitrogens with zero attached hydrogens (tertiary/aromatic N) is 3. The number of fused-ring (bicyclic) bond motifs is 1. The lowest BCUT2D eigenvalue weighted by atomic mass is 9.92. The Bertz CT molecular complexity index is 1360. The molecule has 1 atom stereocenters. The highest BCUT2D eigenvalue weighted by Gasteiger charge is 2.26. The fourth-order valence-corrected chi connectivity index (χ4v) is 3.80. The molecule has 34 heavy (non-hydrogen) atoms. The van der Waals surface area contributed by atoms with Gasteiger partial charge in [0.25, 0.3) is 0 Å². The van der Waals surface area contributed by atoms with Crippen LogP contribution in [0.25, 0.3) is 16.9 Å². The van der Waals surface area contributed by atoms with Gasteiger partial charge in [0.15, 0.2) is 17.2 Å². The lowest BCUT2D eigenvalue weighted by molar-refractivity contribution is 0.294. The van der Waals surface area contributed by atoms with Crippen LogP contribution < -0.4 is 16.2 Å². The number of halogens is 3. The molecule has 4 aromatic rings. The highest BCUT2D eigenvalue weighted by molar-refractivity contribution is 5.71. The summed E-state index contributed by atoms with van der Waals surface area (Å²) in [5, 5.41) is 0. The van der Waals surface area contributed by atoms with Crippen molar-refractivity contribution in [3.05, 3.63) is 82.7 Å². The molecule has 0 saturated heterocycles. The molecule has 0 aliphatic rings. The molecule has 0 radical (unpaired) electrons. The van der Waals surface area contributed by atoms with Gasteiger partial charge in [0.1, 0.15) is 18.2 Å². The monoisotopic (exact) mass is 469 g/mol. The molecule has 0 amide bonds. The zero-order valence-corrected chi connectivity index (χ0v) is 19.4. The second-order valence-corrected chi connectivity index (χ2v) is 9.00. The Morgan fingerprint density at radius 1 is 1.09 bits per heavy atom. The summed E-state index contributed by atoms with van der Waals surface area (Å²) in [5.41, 5.74) is 14.3. The average molecular weight is 470 g/mol. The van der Waals surface area contributed by atoms with Crippen LogP contribution in [0.4, 0.5) is 13.2 Å². The molecule has 9 heteroatoms. The van der Waals surface area contributed by atoms with Crippen LogP contribution in [-0.2, 0) is 6.61 Å². The minimum absolute atomic E-state index is 0.186. The van der Waals surface area contributed by atoms with E-state index in [0.29, 0.717) is 28.5 Å². The maximum atomic E-state index is 15.0. The third kappa shape index (κ3) is 4.36. The fourth-order valence-electron chi connectivity index (χ4n) is 3.80. The molecule has 178 valence electrons. The van der Waals surface area contributed by atoms with Gasteiger partial charge in [-0.25, -0.2) is 18.2 Å². The van der Waals surface area contributed by atoms with Crippen molar-refractivity contribution < 1.29 is 17.9 Å². The number of ether oxygens (including phenoxy) is 1. The van der Waals surface area contributed by atoms with Crippen molar-refractivity contribution in [3.63, 3.8) is 0 Å². The van der Waals surface area contributed by atoms with Gasteiger partial charge in [0.2, 0.25) is 0 Å². The number of aromatic nitrogens is 3. The Labute approximate surface area is 195 Å². The minimum Gasteiger partial charge on any atom is -0.485 e. The van der Waals surface area contributed by atoms with E-state index >= 15 is 0 Å². The first-order valence-electron chi connectivity index (χ1n) is 10.7. The SMILES string of the molecule is Cc1cc(OCc2c(F)cccc2F)c2nc(C)c(-c3cc(C(N)C(C)(C)N)ncc3F)n2c1. The standard InChI is InChI=1S/C25H26F3N5O/c1-13-8-21(34-12-16-17(26)6-5-7-18(16)27)24-32-14(2)22(33(24)11-13)15-9-20(31-10-19(15)28)23(29)25(3,4)30/h5-11,23H,12,29-30H2,1-4H3. The number of imidazole rings is 1. The molecule has 1 unspecified atom stereocenters. The Morgan fingerprint density at radius 2 is 1.76 bits per heavy atom. The van der Waals surface area contributed by atoms with Crippen molar-refractivity contribution in [2.75, 3.05) is 0 Å². The van der Waals surface area contributed by atoms with Crippen LogP contribution in [0.2, 0.25) is 0 Å². The zero-order chi connectivity index (χ0) is 24.8. The van der Waals surface area contributed by atoms with Gasteiger partial charge in [-0.15, -0.1) is 0 Å². The second-order valence-electron chi connectivity index (χ2n) is 9.00. The van der Waals surface area contributed by atoms with E-state index in [-0.39, 0.29) is 17.7 Å². The summed E-state index contributed by atoms with van der Waals surface area (Å²) in [5.74, 6) is -1.64. The van der Waals surface area contributed by atoms with E-state index in [4.69, 9.17) is 16.2 Å². The van der Waals surface area contributed by atoms with Crippen LogP contribution in [0.5, 0.6) is 5.75 Å². The van der Waals surface area contributed by atoms with E-state index in [1.807, 2.05) is 6.92 Å². The van der Waals surface area contributed by atoms with Gasteiger partial charge in [0, 0.05) is 17.3 Å². The summed E-state index contributed by atoms with van der Waals surface area (Å²) in [6.45, 7) is 6.79. The molecule has 3 heterocycles. The summed E-state index contributed by atoms with van der Waals surface area (Å²) < 4.78 is 50.6. The maximum Gasteiger partial charge on any atom is 0.180 e. The summed E-state index contributed by atoms with van der Waals surface area (Å²) >= 11 is 0. The van der Waals surface area contributed by atoms with Gasteiger partial charge in [-0.05, 0) is 57.5 Å². The topological polar surface area (TPSA) is 91.5 Å². The van der Waals surface area contributed by atoms with E-state index in [9.17, 15) is 13.2 Å². The predicted molar refractivity (Wildman–Crippen MR) is 124 cm³/mol. The highest BCUT2D eigenvalue weighted by Crippen LogP contribution is 2.33. The van der Waals surface area contributed by atoms with Crippen LogP contribution in [0.15, 0.2) is 42.7 Å². The zero-order valence-electron chi connectivity index (χ0n) is 19.4. The number of pyridine rings is 2. The van der Waals surface area contributed by atoms with E-state index < -0.39 is 29.0 Å². The molecule has 0 aliphatic heterocycles. The number of aryl methyl sites for hydroxylation is 2. The molecule has 1 aromatic carbocycles. The van der Waals surface area contributed by atoms with Crippen LogP contribution >= 0.6 is 0 Å². The first-order valence-corrected chi connectivity index (χ1v) is 10.7. The van der Waals surface area contributed by atoms with Gasteiger partial charge in [-0.1, -0.05) is 6.07 Å². The minimum atomic E-state index is -0.768. The molecule has 0 fully saturated rings. The molecule has 0 aliphatic carbocycles. The van der Waals surface area contributed by atoms with Crippen molar-refractivity contribution in [2.24, 2.45) is 11.5 Å². The van der Waals surface area contributed by atoms with Crippen LogP contribution in [0, 0.1) is 31.3 Å². The molecule has 0 spiro atoms. The van der Waals surface area contributed by atoms with Gasteiger partial charge >= 0.3 is 0 Å².